The minimum Gasteiger partial charge on any atom is -0.504 e. The molecule has 2 aromatic heterocycles. The van der Waals surface area contributed by atoms with Crippen molar-refractivity contribution in [3.63, 3.8) is 0 Å². The highest BCUT2D eigenvalue weighted by atomic mass is 32.2. The normalized spacial score (nSPS) is 11.4. The molecule has 2 aromatic carbocycles. The van der Waals surface area contributed by atoms with Crippen molar-refractivity contribution < 1.29 is 14.6 Å². The van der Waals surface area contributed by atoms with Gasteiger partial charge in [-0.3, -0.25) is 14.5 Å². The number of hydrogen-bond acceptors (Lipinski definition) is 10. The molecule has 10 nitrogen and oxygen atoms in total. The molecular weight excluding hydrogens is 502 g/mol. The van der Waals surface area contributed by atoms with Crippen LogP contribution in [0.4, 0.5) is 11.5 Å². The van der Waals surface area contributed by atoms with E-state index in [2.05, 4.69) is 41.9 Å². The van der Waals surface area contributed by atoms with Crippen LogP contribution >= 0.6 is 11.9 Å². The molecule has 1 amide bonds. The van der Waals surface area contributed by atoms with Crippen LogP contribution in [0.3, 0.4) is 0 Å². The molecule has 0 saturated carbocycles. The number of anilines is 2. The van der Waals surface area contributed by atoms with Gasteiger partial charge in [-0.05, 0) is 48.2 Å². The highest BCUT2D eigenvalue weighted by molar-refractivity contribution is 8.00. The Balaban J connectivity index is 1.41. The van der Waals surface area contributed by atoms with Gasteiger partial charge in [0, 0.05) is 23.6 Å². The number of hydrogen-bond donors (Lipinski definition) is 4. The highest BCUT2D eigenvalue weighted by Crippen LogP contribution is 2.31. The number of carbonyl (C=O) groups excluding carboxylic acids is 1. The van der Waals surface area contributed by atoms with Gasteiger partial charge in [-0.25, -0.2) is 15.0 Å². The second kappa shape index (κ2) is 12.7. The average molecular weight is 530 g/mol. The molecular formula is C27H27N7O3S. The number of phenolic OH excluding ortho intramolecular Hbond substituents is 1. The summed E-state index contributed by atoms with van der Waals surface area (Å²) in [6.45, 7) is 6.07. The summed E-state index contributed by atoms with van der Waals surface area (Å²) in [4.78, 5) is 30.1. The van der Waals surface area contributed by atoms with E-state index in [1.165, 1.54) is 31.5 Å². The number of rotatable bonds is 11. The predicted octanol–water partition coefficient (Wildman–Crippen LogP) is 4.95. The van der Waals surface area contributed by atoms with Gasteiger partial charge in [-0.15, -0.1) is 0 Å². The number of carbonyl (C=O) groups is 1. The number of methoxy groups -OCH3 is 1. The van der Waals surface area contributed by atoms with E-state index < -0.39 is 0 Å². The van der Waals surface area contributed by atoms with Gasteiger partial charge in [0.2, 0.25) is 0 Å². The molecule has 0 aliphatic rings. The number of amides is 1. The minimum atomic E-state index is -0.300. The number of nitrogens with one attached hydrogen (secondary N) is 3. The molecule has 0 saturated heterocycles. The third kappa shape index (κ3) is 6.84. The van der Waals surface area contributed by atoms with E-state index in [1.54, 1.807) is 36.0 Å². The third-order valence-electron chi connectivity index (χ3n) is 5.48. The van der Waals surface area contributed by atoms with Gasteiger partial charge in [-0.2, -0.15) is 0 Å². The molecule has 0 bridgehead atoms. The maximum absolute atomic E-state index is 12.7. The zero-order chi connectivity index (χ0) is 26.9. The lowest BCUT2D eigenvalue weighted by molar-refractivity contribution is 0.102. The number of aromatic nitrogens is 4. The van der Waals surface area contributed by atoms with E-state index in [0.29, 0.717) is 40.9 Å². The lowest BCUT2D eigenvalue weighted by Crippen LogP contribution is -2.15. The molecule has 1 atom stereocenters. The van der Waals surface area contributed by atoms with Crippen molar-refractivity contribution in [3.8, 4) is 22.8 Å². The summed E-state index contributed by atoms with van der Waals surface area (Å²) in [5.74, 6) is 1.27. The Morgan fingerprint density at radius 3 is 2.74 bits per heavy atom. The number of nitrogens with zero attached hydrogens (tertiary/aromatic N) is 4. The monoisotopic (exact) mass is 529 g/mol. The SMILES string of the molecule is C=CSNCc1ncc(C(=O)Nc2cccc([C@H](C)Nc3cncc(-c4ccc(O)c(OC)c4)n3)c2)cn1. The second-order valence-electron chi connectivity index (χ2n) is 8.12. The van der Waals surface area contributed by atoms with E-state index in [0.717, 1.165) is 11.1 Å². The van der Waals surface area contributed by atoms with Crippen molar-refractivity contribution in [2.24, 2.45) is 0 Å². The molecule has 4 rings (SSSR count). The fourth-order valence-corrected chi connectivity index (χ4v) is 3.86. The standard InChI is InChI=1S/C27H27N7O3S/c1-4-38-31-16-25-29-12-20(13-30-25)27(36)33-21-7-5-6-18(10-21)17(2)32-26-15-28-14-22(34-26)19-8-9-23(35)24(11-19)37-3/h4-15,17,31,35H,1,16H2,2-3H3,(H,32,34)(H,33,36)/t17-/m0/s1. The van der Waals surface area contributed by atoms with Crippen LogP contribution in [0.2, 0.25) is 0 Å². The molecule has 0 aliphatic heterocycles. The maximum atomic E-state index is 12.7. The van der Waals surface area contributed by atoms with Gasteiger partial charge in [0.1, 0.15) is 11.6 Å². The van der Waals surface area contributed by atoms with Crippen molar-refractivity contribution in [1.82, 2.24) is 24.7 Å². The van der Waals surface area contributed by atoms with E-state index in [9.17, 15) is 9.90 Å². The van der Waals surface area contributed by atoms with Crippen LogP contribution in [0, 0.1) is 0 Å². The van der Waals surface area contributed by atoms with Crippen LogP contribution in [-0.2, 0) is 6.54 Å². The van der Waals surface area contributed by atoms with Crippen molar-refractivity contribution >= 4 is 29.4 Å². The summed E-state index contributed by atoms with van der Waals surface area (Å²) in [6, 6.07) is 12.4. The molecule has 2 heterocycles. The first kappa shape index (κ1) is 26.6. The van der Waals surface area contributed by atoms with Crippen LogP contribution < -0.4 is 20.1 Å². The summed E-state index contributed by atoms with van der Waals surface area (Å²) >= 11 is 1.35. The number of phenols is 1. The van der Waals surface area contributed by atoms with Gasteiger partial charge in [0.15, 0.2) is 11.5 Å². The molecule has 38 heavy (non-hydrogen) atoms. The zero-order valence-corrected chi connectivity index (χ0v) is 21.7. The number of benzene rings is 2. The minimum absolute atomic E-state index is 0.0550. The molecule has 0 aliphatic carbocycles. The zero-order valence-electron chi connectivity index (χ0n) is 20.9. The van der Waals surface area contributed by atoms with Crippen LogP contribution in [0.25, 0.3) is 11.3 Å². The Morgan fingerprint density at radius 1 is 1.16 bits per heavy atom. The van der Waals surface area contributed by atoms with Crippen LogP contribution in [0.5, 0.6) is 11.5 Å². The third-order valence-corrected chi connectivity index (χ3v) is 5.96. The lowest BCUT2D eigenvalue weighted by atomic mass is 10.1. The van der Waals surface area contributed by atoms with Crippen molar-refractivity contribution in [2.75, 3.05) is 17.7 Å². The summed E-state index contributed by atoms with van der Waals surface area (Å²) in [5, 5.41) is 17.8. The first-order chi connectivity index (χ1) is 18.5. The highest BCUT2D eigenvalue weighted by Gasteiger charge is 2.12. The number of ether oxygens (including phenoxy) is 1. The smallest absolute Gasteiger partial charge is 0.258 e. The van der Waals surface area contributed by atoms with Crippen LogP contribution in [-0.4, -0.2) is 38.1 Å². The van der Waals surface area contributed by atoms with E-state index in [4.69, 9.17) is 4.74 Å². The Labute approximate surface area is 224 Å². The Bertz CT molecular complexity index is 1420. The Morgan fingerprint density at radius 2 is 1.97 bits per heavy atom. The number of aromatic hydroxyl groups is 1. The molecule has 0 spiro atoms. The van der Waals surface area contributed by atoms with Crippen molar-refractivity contribution in [1.29, 1.82) is 0 Å². The Kier molecular flexibility index (Phi) is 8.85. The van der Waals surface area contributed by atoms with Gasteiger partial charge < -0.3 is 20.5 Å². The van der Waals surface area contributed by atoms with Crippen molar-refractivity contribution in [2.45, 2.75) is 19.5 Å². The maximum Gasteiger partial charge on any atom is 0.258 e. The van der Waals surface area contributed by atoms with E-state index >= 15 is 0 Å². The second-order valence-corrected chi connectivity index (χ2v) is 8.97. The fourth-order valence-electron chi connectivity index (χ4n) is 3.53. The van der Waals surface area contributed by atoms with Crippen LogP contribution in [0.15, 0.2) is 79.2 Å². The molecule has 11 heteroatoms. The van der Waals surface area contributed by atoms with Crippen molar-refractivity contribution in [3.05, 3.63) is 96.2 Å². The van der Waals surface area contributed by atoms with E-state index in [-0.39, 0.29) is 17.7 Å². The molecule has 4 aromatic rings. The lowest BCUT2D eigenvalue weighted by Gasteiger charge is -2.16. The topological polar surface area (TPSA) is 134 Å². The molecule has 194 valence electrons. The molecule has 0 radical (unpaired) electrons. The summed E-state index contributed by atoms with van der Waals surface area (Å²) < 4.78 is 8.23. The first-order valence-electron chi connectivity index (χ1n) is 11.6. The predicted molar refractivity (Wildman–Crippen MR) is 149 cm³/mol. The summed E-state index contributed by atoms with van der Waals surface area (Å²) in [6.07, 6.45) is 6.28. The van der Waals surface area contributed by atoms with Gasteiger partial charge >= 0.3 is 0 Å². The average Bonchev–Trinajstić information content (AvgIpc) is 2.94. The largest absolute Gasteiger partial charge is 0.504 e. The first-order valence-corrected chi connectivity index (χ1v) is 12.5. The van der Waals surface area contributed by atoms with Crippen LogP contribution in [0.1, 0.15) is 34.7 Å². The Hall–Kier alpha value is -4.48. The summed E-state index contributed by atoms with van der Waals surface area (Å²) in [5.41, 5.74) is 3.34. The van der Waals surface area contributed by atoms with Gasteiger partial charge in [0.25, 0.3) is 5.91 Å². The van der Waals surface area contributed by atoms with Gasteiger partial charge in [-0.1, -0.05) is 30.7 Å². The summed E-state index contributed by atoms with van der Waals surface area (Å²) in [7, 11) is 1.49. The molecule has 4 N–H and O–H groups in total. The van der Waals surface area contributed by atoms with Gasteiger partial charge in [0.05, 0.1) is 43.3 Å². The molecule has 0 fully saturated rings. The quantitative estimate of drug-likeness (QED) is 0.156. The van der Waals surface area contributed by atoms with E-state index in [1.807, 2.05) is 31.2 Å². The fraction of sp³-hybridized carbons (Fsp3) is 0.148. The molecule has 0 unspecified atom stereocenters.